The van der Waals surface area contributed by atoms with E-state index in [9.17, 15) is 4.79 Å². The van der Waals surface area contributed by atoms with Crippen molar-refractivity contribution in [2.24, 2.45) is 0 Å². The Hall–Kier alpha value is -4.31. The summed E-state index contributed by atoms with van der Waals surface area (Å²) in [6, 6.07) is 26.6. The van der Waals surface area contributed by atoms with Crippen molar-refractivity contribution in [3.05, 3.63) is 102 Å². The van der Waals surface area contributed by atoms with Crippen LogP contribution in [0.5, 0.6) is 5.75 Å². The zero-order valence-corrected chi connectivity index (χ0v) is 21.0. The molecule has 1 N–H and O–H groups in total. The molecular formula is C32H29NO3. The van der Waals surface area contributed by atoms with Gasteiger partial charge in [-0.2, -0.15) is 0 Å². The number of nitrogens with one attached hydrogen (secondary N) is 1. The Morgan fingerprint density at radius 2 is 1.69 bits per heavy atom. The van der Waals surface area contributed by atoms with Gasteiger partial charge in [0.2, 0.25) is 5.91 Å². The molecule has 0 aliphatic rings. The molecule has 5 aromatic rings. The monoisotopic (exact) mass is 475 g/mol. The van der Waals surface area contributed by atoms with E-state index in [1.807, 2.05) is 55.5 Å². The second-order valence-electron chi connectivity index (χ2n) is 9.35. The average Bonchev–Trinajstić information content (AvgIpc) is 3.30. The fourth-order valence-electron chi connectivity index (χ4n) is 4.52. The third kappa shape index (κ3) is 4.63. The highest BCUT2D eigenvalue weighted by Crippen LogP contribution is 2.38. The van der Waals surface area contributed by atoms with Crippen LogP contribution in [0, 0.1) is 0 Å². The van der Waals surface area contributed by atoms with E-state index in [1.54, 1.807) is 19.4 Å². The minimum Gasteiger partial charge on any atom is -0.496 e. The summed E-state index contributed by atoms with van der Waals surface area (Å²) in [6.07, 6.45) is 3.39. The first-order valence-electron chi connectivity index (χ1n) is 12.1. The largest absolute Gasteiger partial charge is 0.496 e. The number of carbonyl (C=O) groups is 1. The van der Waals surface area contributed by atoms with E-state index < -0.39 is 0 Å². The number of hydrogen-bond acceptors (Lipinski definition) is 3. The lowest BCUT2D eigenvalue weighted by atomic mass is 9.97. The van der Waals surface area contributed by atoms with E-state index >= 15 is 0 Å². The van der Waals surface area contributed by atoms with E-state index in [0.29, 0.717) is 11.7 Å². The summed E-state index contributed by atoms with van der Waals surface area (Å²) < 4.78 is 11.6. The lowest BCUT2D eigenvalue weighted by Gasteiger charge is -2.11. The molecule has 4 heteroatoms. The number of carbonyl (C=O) groups excluding carboxylic acids is 1. The Balaban J connectivity index is 1.48. The van der Waals surface area contributed by atoms with Crippen LogP contribution in [-0.4, -0.2) is 13.0 Å². The van der Waals surface area contributed by atoms with Crippen molar-refractivity contribution in [3.63, 3.8) is 0 Å². The van der Waals surface area contributed by atoms with E-state index in [-0.39, 0.29) is 5.91 Å². The SMILES string of the molecule is COc1cc2occ(-c3ccc4ccccc4c3)c2cc1/C(C)=C/C(=O)Nc1ccc(C(C)C)cc1. The van der Waals surface area contributed by atoms with Gasteiger partial charge >= 0.3 is 0 Å². The molecule has 0 saturated heterocycles. The van der Waals surface area contributed by atoms with E-state index in [2.05, 4.69) is 49.5 Å². The first-order chi connectivity index (χ1) is 17.4. The first-order valence-corrected chi connectivity index (χ1v) is 12.1. The van der Waals surface area contributed by atoms with Crippen molar-refractivity contribution >= 4 is 38.9 Å². The van der Waals surface area contributed by atoms with Gasteiger partial charge in [-0.1, -0.05) is 62.4 Å². The average molecular weight is 476 g/mol. The molecule has 36 heavy (non-hydrogen) atoms. The van der Waals surface area contributed by atoms with Crippen molar-refractivity contribution in [3.8, 4) is 16.9 Å². The summed E-state index contributed by atoms with van der Waals surface area (Å²) >= 11 is 0. The van der Waals surface area contributed by atoms with Gasteiger partial charge in [-0.3, -0.25) is 4.79 Å². The van der Waals surface area contributed by atoms with Crippen molar-refractivity contribution in [1.82, 2.24) is 0 Å². The van der Waals surface area contributed by atoms with Crippen molar-refractivity contribution < 1.29 is 13.9 Å². The number of methoxy groups -OCH3 is 1. The molecule has 0 atom stereocenters. The van der Waals surface area contributed by atoms with Gasteiger partial charge in [-0.15, -0.1) is 0 Å². The third-order valence-corrected chi connectivity index (χ3v) is 6.57. The molecule has 180 valence electrons. The number of allylic oxidation sites excluding steroid dienone is 1. The van der Waals surface area contributed by atoms with Crippen molar-refractivity contribution in [2.75, 3.05) is 12.4 Å². The van der Waals surface area contributed by atoms with Gasteiger partial charge in [0.05, 0.1) is 13.4 Å². The molecule has 4 nitrogen and oxygen atoms in total. The number of furan rings is 1. The molecule has 0 spiro atoms. The molecule has 4 aromatic carbocycles. The summed E-state index contributed by atoms with van der Waals surface area (Å²) in [5.41, 5.74) is 6.47. The molecule has 1 aromatic heterocycles. The minimum absolute atomic E-state index is 0.186. The maximum Gasteiger partial charge on any atom is 0.248 e. The standard InChI is InChI=1S/C32H29NO3/c1-20(2)22-11-13-26(14-12-22)33-32(34)15-21(3)27-17-28-29(19-36-31(28)18-30(27)35-4)25-10-9-23-7-5-6-8-24(23)16-25/h5-20H,1-4H3,(H,33,34)/b21-15+. The van der Waals surface area contributed by atoms with Gasteiger partial charge in [-0.25, -0.2) is 0 Å². The maximum atomic E-state index is 12.8. The number of ether oxygens (including phenoxy) is 1. The highest BCUT2D eigenvalue weighted by molar-refractivity contribution is 6.05. The summed E-state index contributed by atoms with van der Waals surface area (Å²) in [5.74, 6) is 0.917. The third-order valence-electron chi connectivity index (χ3n) is 6.57. The predicted octanol–water partition coefficient (Wildman–Crippen LogP) is 8.43. The molecule has 0 aliphatic carbocycles. The molecule has 0 unspecified atom stereocenters. The molecule has 0 aliphatic heterocycles. The Morgan fingerprint density at radius 1 is 0.944 bits per heavy atom. The van der Waals surface area contributed by atoms with Crippen LogP contribution in [0.15, 0.2) is 95.6 Å². The molecule has 0 saturated carbocycles. The predicted molar refractivity (Wildman–Crippen MR) is 149 cm³/mol. The molecule has 0 radical (unpaired) electrons. The zero-order chi connectivity index (χ0) is 25.2. The molecular weight excluding hydrogens is 446 g/mol. The number of hydrogen-bond donors (Lipinski definition) is 1. The van der Waals surface area contributed by atoms with Gasteiger partial charge in [0, 0.05) is 34.3 Å². The van der Waals surface area contributed by atoms with Crippen LogP contribution in [0.25, 0.3) is 38.4 Å². The van der Waals surface area contributed by atoms with E-state index in [0.717, 1.165) is 38.9 Å². The maximum absolute atomic E-state index is 12.8. The smallest absolute Gasteiger partial charge is 0.248 e. The molecule has 0 bridgehead atoms. The quantitative estimate of drug-likeness (QED) is 0.251. The number of rotatable bonds is 6. The second-order valence-corrected chi connectivity index (χ2v) is 9.35. The highest BCUT2D eigenvalue weighted by atomic mass is 16.5. The summed E-state index contributed by atoms with van der Waals surface area (Å²) in [4.78, 5) is 12.8. The molecule has 1 heterocycles. The van der Waals surface area contributed by atoms with Gasteiger partial charge in [0.1, 0.15) is 11.3 Å². The minimum atomic E-state index is -0.186. The fraction of sp³-hybridized carbons (Fsp3) is 0.156. The van der Waals surface area contributed by atoms with Crippen molar-refractivity contribution in [2.45, 2.75) is 26.7 Å². The van der Waals surface area contributed by atoms with E-state index in [4.69, 9.17) is 9.15 Å². The Bertz CT molecular complexity index is 1590. The topological polar surface area (TPSA) is 51.5 Å². The fourth-order valence-corrected chi connectivity index (χ4v) is 4.52. The highest BCUT2D eigenvalue weighted by Gasteiger charge is 2.15. The van der Waals surface area contributed by atoms with Crippen LogP contribution in [0.3, 0.4) is 0 Å². The normalized spacial score (nSPS) is 11.9. The van der Waals surface area contributed by atoms with Crippen LogP contribution in [0.4, 0.5) is 5.69 Å². The number of benzene rings is 4. The van der Waals surface area contributed by atoms with Crippen LogP contribution in [0.1, 0.15) is 37.8 Å². The molecule has 0 fully saturated rings. The Labute approximate surface area is 211 Å². The van der Waals surface area contributed by atoms with Gasteiger partial charge < -0.3 is 14.5 Å². The summed E-state index contributed by atoms with van der Waals surface area (Å²) in [6.45, 7) is 6.21. The van der Waals surface area contributed by atoms with Gasteiger partial charge in [-0.05, 0) is 64.6 Å². The summed E-state index contributed by atoms with van der Waals surface area (Å²) in [5, 5.41) is 6.30. The van der Waals surface area contributed by atoms with Crippen LogP contribution < -0.4 is 10.1 Å². The zero-order valence-electron chi connectivity index (χ0n) is 21.0. The summed E-state index contributed by atoms with van der Waals surface area (Å²) in [7, 11) is 1.63. The number of fused-ring (bicyclic) bond motifs is 2. The van der Waals surface area contributed by atoms with Crippen LogP contribution in [-0.2, 0) is 4.79 Å². The second kappa shape index (κ2) is 9.74. The Kier molecular flexibility index (Phi) is 6.34. The Morgan fingerprint density at radius 3 is 2.42 bits per heavy atom. The van der Waals surface area contributed by atoms with E-state index in [1.165, 1.54) is 16.3 Å². The lowest BCUT2D eigenvalue weighted by molar-refractivity contribution is -0.111. The van der Waals surface area contributed by atoms with Crippen LogP contribution >= 0.6 is 0 Å². The molecule has 1 amide bonds. The molecule has 5 rings (SSSR count). The lowest BCUT2D eigenvalue weighted by Crippen LogP contribution is -2.08. The number of amides is 1. The van der Waals surface area contributed by atoms with Gasteiger partial charge in [0.15, 0.2) is 0 Å². The number of anilines is 1. The van der Waals surface area contributed by atoms with Crippen molar-refractivity contribution in [1.29, 1.82) is 0 Å². The van der Waals surface area contributed by atoms with Gasteiger partial charge in [0.25, 0.3) is 0 Å². The first kappa shape index (κ1) is 23.4. The van der Waals surface area contributed by atoms with Crippen LogP contribution in [0.2, 0.25) is 0 Å².